The van der Waals surface area contributed by atoms with Crippen molar-refractivity contribution in [2.45, 2.75) is 136 Å². The molecule has 0 saturated carbocycles. The number of esters is 2. The summed E-state index contributed by atoms with van der Waals surface area (Å²) in [7, 11) is -4.42. The molecule has 0 aromatic rings. The summed E-state index contributed by atoms with van der Waals surface area (Å²) >= 11 is 0. The van der Waals surface area contributed by atoms with E-state index in [9.17, 15) is 19.0 Å². The zero-order chi connectivity index (χ0) is 41.8. The molecule has 0 heterocycles. The Kier molecular flexibility index (Phi) is 39.4. The Bertz CT molecular complexity index is 1340. The van der Waals surface area contributed by atoms with E-state index in [2.05, 4.69) is 117 Å². The van der Waals surface area contributed by atoms with Crippen LogP contribution in [0.4, 0.5) is 0 Å². The Labute approximate surface area is 345 Å². The molecule has 0 fully saturated rings. The van der Waals surface area contributed by atoms with Crippen LogP contribution in [0.5, 0.6) is 0 Å². The Morgan fingerprint density at radius 2 is 0.982 bits per heavy atom. The monoisotopic (exact) mass is 812 g/mol. The molecule has 3 N–H and O–H groups in total. The maximum Gasteiger partial charge on any atom is 0.472 e. The highest BCUT2D eigenvalue weighted by Crippen LogP contribution is 2.43. The molecule has 9 nitrogen and oxygen atoms in total. The summed E-state index contributed by atoms with van der Waals surface area (Å²) in [6, 6.07) is 0. The van der Waals surface area contributed by atoms with E-state index in [1.165, 1.54) is 25.7 Å². The number of ether oxygens (including phenoxy) is 2. The number of phosphoric ester groups is 1. The molecule has 0 amide bonds. The Balaban J connectivity index is 4.43. The van der Waals surface area contributed by atoms with E-state index in [0.717, 1.165) is 57.8 Å². The average Bonchev–Trinajstić information content (AvgIpc) is 3.20. The van der Waals surface area contributed by atoms with Crippen molar-refractivity contribution in [3.05, 3.63) is 122 Å². The van der Waals surface area contributed by atoms with Gasteiger partial charge in [0.2, 0.25) is 0 Å². The van der Waals surface area contributed by atoms with E-state index in [1.54, 1.807) is 0 Å². The number of allylic oxidation sites excluding steroid dienone is 20. The SMILES string of the molecule is CC/C=C/C/C=C/C/C=C/C/C=C/C/C=C/CCCC(=O)O[C@H](COC(=O)CC/C=C/C/C=C/C/C=C/C/C=C/C/C=C/CCCCC)COP(=O)(O)OCCN. The lowest BCUT2D eigenvalue weighted by Gasteiger charge is -2.19. The summed E-state index contributed by atoms with van der Waals surface area (Å²) in [4.78, 5) is 34.8. The van der Waals surface area contributed by atoms with Crippen molar-refractivity contribution < 1.29 is 37.6 Å². The predicted molar refractivity (Wildman–Crippen MR) is 237 cm³/mol. The molecule has 0 aliphatic rings. The number of carbonyl (C=O) groups excluding carboxylic acids is 2. The lowest BCUT2D eigenvalue weighted by atomic mass is 10.2. The molecule has 0 aromatic carbocycles. The van der Waals surface area contributed by atoms with Gasteiger partial charge in [0.05, 0.1) is 13.2 Å². The lowest BCUT2D eigenvalue weighted by molar-refractivity contribution is -0.161. The van der Waals surface area contributed by atoms with E-state index in [-0.39, 0.29) is 32.6 Å². The molecule has 0 radical (unpaired) electrons. The quantitative estimate of drug-likeness (QED) is 0.0272. The van der Waals surface area contributed by atoms with Gasteiger partial charge in [0.1, 0.15) is 6.61 Å². The van der Waals surface area contributed by atoms with Crippen LogP contribution in [-0.4, -0.2) is 49.3 Å². The number of nitrogens with two attached hydrogens (primary N) is 1. The lowest BCUT2D eigenvalue weighted by Crippen LogP contribution is -2.29. The smallest absolute Gasteiger partial charge is 0.462 e. The van der Waals surface area contributed by atoms with Crippen molar-refractivity contribution in [3.63, 3.8) is 0 Å². The highest BCUT2D eigenvalue weighted by Gasteiger charge is 2.25. The maximum atomic E-state index is 12.5. The van der Waals surface area contributed by atoms with Gasteiger partial charge in [-0.15, -0.1) is 0 Å². The minimum Gasteiger partial charge on any atom is -0.462 e. The van der Waals surface area contributed by atoms with Gasteiger partial charge in [0.15, 0.2) is 6.10 Å². The second-order valence-electron chi connectivity index (χ2n) is 13.1. The third-order valence-electron chi connectivity index (χ3n) is 7.85. The van der Waals surface area contributed by atoms with E-state index in [1.807, 2.05) is 18.2 Å². The van der Waals surface area contributed by atoms with Crippen molar-refractivity contribution in [2.24, 2.45) is 5.73 Å². The number of hydrogen-bond donors (Lipinski definition) is 2. The van der Waals surface area contributed by atoms with Gasteiger partial charge in [-0.25, -0.2) is 4.57 Å². The number of rotatable bonds is 37. The molecule has 0 saturated heterocycles. The van der Waals surface area contributed by atoms with Gasteiger partial charge in [-0.05, 0) is 89.9 Å². The zero-order valence-electron chi connectivity index (χ0n) is 35.0. The average molecular weight is 812 g/mol. The van der Waals surface area contributed by atoms with Crippen LogP contribution in [0.2, 0.25) is 0 Å². The van der Waals surface area contributed by atoms with Crippen LogP contribution >= 0.6 is 7.82 Å². The molecule has 0 bridgehead atoms. The van der Waals surface area contributed by atoms with Gasteiger partial charge < -0.3 is 20.1 Å². The fourth-order valence-corrected chi connectivity index (χ4v) is 5.53. The zero-order valence-corrected chi connectivity index (χ0v) is 35.9. The fraction of sp³-hybridized carbons (Fsp3) is 0.532. The molecule has 0 aromatic heterocycles. The van der Waals surface area contributed by atoms with Gasteiger partial charge >= 0.3 is 19.8 Å². The highest BCUT2D eigenvalue weighted by atomic mass is 31.2. The van der Waals surface area contributed by atoms with Crippen molar-refractivity contribution in [1.29, 1.82) is 0 Å². The summed E-state index contributed by atoms with van der Waals surface area (Å²) in [6.07, 6.45) is 56.8. The van der Waals surface area contributed by atoms with Crippen LogP contribution < -0.4 is 5.73 Å². The summed E-state index contributed by atoms with van der Waals surface area (Å²) in [6.45, 7) is 3.40. The third-order valence-corrected chi connectivity index (χ3v) is 8.83. The predicted octanol–water partition coefficient (Wildman–Crippen LogP) is 12.2. The first-order valence-corrected chi connectivity index (χ1v) is 22.5. The van der Waals surface area contributed by atoms with Crippen molar-refractivity contribution in [3.8, 4) is 0 Å². The molecule has 0 aliphatic carbocycles. The summed E-state index contributed by atoms with van der Waals surface area (Å²) in [5.74, 6) is -1.01. The van der Waals surface area contributed by atoms with E-state index >= 15 is 0 Å². The first-order valence-electron chi connectivity index (χ1n) is 21.0. The fourth-order valence-electron chi connectivity index (χ4n) is 4.77. The van der Waals surface area contributed by atoms with Gasteiger partial charge in [0, 0.05) is 19.4 Å². The summed E-state index contributed by atoms with van der Waals surface area (Å²) in [5, 5.41) is 0. The summed E-state index contributed by atoms with van der Waals surface area (Å²) in [5.41, 5.74) is 5.33. The molecule has 2 atom stereocenters. The molecule has 1 unspecified atom stereocenters. The topological polar surface area (TPSA) is 134 Å². The Morgan fingerprint density at radius 1 is 0.544 bits per heavy atom. The standard InChI is InChI=1S/C47H74NO8P/c1-3-5-7-9-11-13-15-17-19-21-22-24-25-27-29-31-33-35-37-39-46(49)53-43-45(44-55-57(51,52)54-42-41-48)56-47(50)40-38-36-34-32-30-28-26-23-20-18-16-14-12-10-8-6-4-2/h6,8,11-14,17-20,22,24,26-29,32-35,45H,3-5,7,9-10,15-16,21,23,25,30-31,36-44,48H2,1-2H3,(H,51,52)/b8-6+,13-11+,14-12+,19-17+,20-18+,24-22+,28-26+,29-27+,34-32+,35-33+/t45-/m1/s1. The Hall–Kier alpha value is -3.59. The molecular formula is C47H74NO8P. The minimum atomic E-state index is -4.42. The van der Waals surface area contributed by atoms with Gasteiger partial charge in [-0.1, -0.05) is 148 Å². The van der Waals surface area contributed by atoms with Crippen molar-refractivity contribution in [2.75, 3.05) is 26.4 Å². The van der Waals surface area contributed by atoms with E-state index < -0.39 is 32.5 Å². The van der Waals surface area contributed by atoms with Gasteiger partial charge in [-0.2, -0.15) is 0 Å². The van der Waals surface area contributed by atoms with Crippen LogP contribution in [-0.2, 0) is 32.7 Å². The molecule has 320 valence electrons. The number of carbonyl (C=O) groups is 2. The molecule has 57 heavy (non-hydrogen) atoms. The maximum absolute atomic E-state index is 12.5. The molecular weight excluding hydrogens is 737 g/mol. The number of unbranched alkanes of at least 4 members (excludes halogenated alkanes) is 4. The van der Waals surface area contributed by atoms with Gasteiger partial charge in [0.25, 0.3) is 0 Å². The van der Waals surface area contributed by atoms with E-state index in [4.69, 9.17) is 24.3 Å². The largest absolute Gasteiger partial charge is 0.472 e. The van der Waals surface area contributed by atoms with Gasteiger partial charge in [-0.3, -0.25) is 18.6 Å². The van der Waals surface area contributed by atoms with E-state index in [0.29, 0.717) is 19.3 Å². The molecule has 0 rings (SSSR count). The van der Waals surface area contributed by atoms with Crippen molar-refractivity contribution in [1.82, 2.24) is 0 Å². The van der Waals surface area contributed by atoms with Crippen LogP contribution in [0.1, 0.15) is 129 Å². The Morgan fingerprint density at radius 3 is 1.44 bits per heavy atom. The van der Waals surface area contributed by atoms with Crippen LogP contribution in [0.3, 0.4) is 0 Å². The third kappa shape index (κ3) is 41.9. The minimum absolute atomic E-state index is 0.0276. The van der Waals surface area contributed by atoms with Crippen LogP contribution in [0.25, 0.3) is 0 Å². The highest BCUT2D eigenvalue weighted by molar-refractivity contribution is 7.47. The molecule has 0 aliphatic heterocycles. The second kappa shape index (κ2) is 42.0. The van der Waals surface area contributed by atoms with Crippen LogP contribution in [0.15, 0.2) is 122 Å². The molecule has 0 spiro atoms. The normalized spacial score (nSPS) is 14.5. The number of hydrogen-bond acceptors (Lipinski definition) is 8. The second-order valence-corrected chi connectivity index (χ2v) is 14.6. The van der Waals surface area contributed by atoms with Crippen molar-refractivity contribution >= 4 is 19.8 Å². The summed E-state index contributed by atoms with van der Waals surface area (Å²) < 4.78 is 32.6. The molecule has 10 heteroatoms. The van der Waals surface area contributed by atoms with Crippen LogP contribution in [0, 0.1) is 0 Å². The number of phosphoric acid groups is 1. The first-order chi connectivity index (χ1) is 27.8. The first kappa shape index (κ1) is 53.4.